The number of aliphatic hydroxyl groups excluding tert-OH is 2. The molecule has 0 saturated carbocycles. The maximum atomic E-state index is 11.3. The Bertz CT molecular complexity index is 3280. The van der Waals surface area contributed by atoms with Gasteiger partial charge in [-0.2, -0.15) is 0 Å². The van der Waals surface area contributed by atoms with E-state index in [-0.39, 0.29) is 37.9 Å². The van der Waals surface area contributed by atoms with Gasteiger partial charge >= 0.3 is 0 Å². The molecule has 0 aliphatic carbocycles. The Kier molecular flexibility index (Phi) is 21.7. The monoisotopic (exact) mass is 1110 g/mol. The van der Waals surface area contributed by atoms with E-state index in [0.717, 1.165) is 105 Å². The number of aryl methyl sites for hydroxylation is 8. The zero-order valence-corrected chi connectivity index (χ0v) is 49.0. The van der Waals surface area contributed by atoms with E-state index in [4.69, 9.17) is 48.9 Å². The normalized spacial score (nSPS) is 12.2. The van der Waals surface area contributed by atoms with Gasteiger partial charge in [-0.25, -0.2) is 29.9 Å². The lowest BCUT2D eigenvalue weighted by Gasteiger charge is -2.17. The van der Waals surface area contributed by atoms with Gasteiger partial charge in [0.1, 0.15) is 48.4 Å². The molecule has 0 radical (unpaired) electrons. The fourth-order valence-electron chi connectivity index (χ4n) is 10.1. The maximum absolute atomic E-state index is 11.3. The second-order valence-electron chi connectivity index (χ2n) is 21.8. The number of hydrogen-bond donors (Lipinski definition) is 4. The number of nitrogens with zero attached hydrogens (tertiary/aromatic N) is 6. The highest BCUT2D eigenvalue weighted by atomic mass is 16.5. The van der Waals surface area contributed by atoms with Crippen LogP contribution in [-0.2, 0) is 9.47 Å². The summed E-state index contributed by atoms with van der Waals surface area (Å²) in [6.07, 6.45) is 9.66. The quantitative estimate of drug-likeness (QED) is 0.0323. The van der Waals surface area contributed by atoms with E-state index < -0.39 is 12.2 Å². The Morgan fingerprint density at radius 3 is 1.02 bits per heavy atom. The number of unbranched alkanes of at least 4 members (excludes halogenated alkanes) is 9. The maximum Gasteiger partial charge on any atom is 0.167 e. The van der Waals surface area contributed by atoms with E-state index in [1.807, 2.05) is 76.2 Å². The first-order valence-corrected chi connectivity index (χ1v) is 28.9. The number of ether oxygens (including phenoxy) is 4. The van der Waals surface area contributed by atoms with E-state index in [9.17, 15) is 20.4 Å². The molecule has 4 N–H and O–H groups in total. The summed E-state index contributed by atoms with van der Waals surface area (Å²) in [5.41, 5.74) is 13.2. The van der Waals surface area contributed by atoms with E-state index in [1.165, 1.54) is 31.7 Å². The van der Waals surface area contributed by atoms with Crippen molar-refractivity contribution in [3.63, 3.8) is 0 Å². The van der Waals surface area contributed by atoms with Crippen LogP contribution in [0.4, 0.5) is 0 Å². The summed E-state index contributed by atoms with van der Waals surface area (Å²) in [5.74, 6) is 3.59. The molecule has 2 aromatic heterocycles. The molecule has 0 saturated heterocycles. The molecule has 430 valence electrons. The Morgan fingerprint density at radius 1 is 0.366 bits per heavy atom. The highest BCUT2D eigenvalue weighted by molar-refractivity contribution is 5.74. The van der Waals surface area contributed by atoms with Crippen molar-refractivity contribution in [1.82, 2.24) is 29.9 Å². The van der Waals surface area contributed by atoms with Gasteiger partial charge in [-0.3, -0.25) is 0 Å². The molecule has 82 heavy (non-hydrogen) atoms. The smallest absolute Gasteiger partial charge is 0.167 e. The van der Waals surface area contributed by atoms with Crippen molar-refractivity contribution in [3.05, 3.63) is 154 Å². The fraction of sp³-hybridized carbons (Fsp3) is 0.382. The molecule has 0 spiro atoms. The summed E-state index contributed by atoms with van der Waals surface area (Å²) < 4.78 is 23.6. The van der Waals surface area contributed by atoms with Crippen LogP contribution in [0.15, 0.2) is 109 Å². The standard InChI is InChI=1S/C68H80N6O8/c1-43-19-25-55(47(5)33-43)63-69-64(56-26-20-44(2)34-48(56)6)72-67(71-63)59-29-23-52(37-61(59)77)81-41-51(76)40-79-31-17-15-13-11-9-10-12-14-16-18-32-80-54(39-75)42-82-53-24-30-60(62(78)38-53)68-73-65(57-27-21-45(3)35-49(57)7)70-66(74-68)58-28-22-46(4)36-50(58)8/h19-30,33-38,51,54,75-78H,9-18,31-32,39-42H2,1-8H3. The molecule has 0 fully saturated rings. The fourth-order valence-corrected chi connectivity index (χ4v) is 10.1. The van der Waals surface area contributed by atoms with E-state index >= 15 is 0 Å². The molecular formula is C68H80N6O8. The van der Waals surface area contributed by atoms with Crippen molar-refractivity contribution in [3.8, 4) is 91.3 Å². The third-order valence-electron chi connectivity index (χ3n) is 14.6. The summed E-state index contributed by atoms with van der Waals surface area (Å²) in [4.78, 5) is 29.1. The highest BCUT2D eigenvalue weighted by Gasteiger charge is 2.21. The number of aliphatic hydroxyl groups is 2. The Hall–Kier alpha value is -7.62. The number of aromatic nitrogens is 6. The molecule has 2 heterocycles. The molecule has 0 bridgehead atoms. The summed E-state index contributed by atoms with van der Waals surface area (Å²) in [5, 5.41) is 43.1. The van der Waals surface area contributed by atoms with Crippen LogP contribution in [0.1, 0.15) is 109 Å². The number of rotatable bonds is 29. The number of phenols is 2. The molecule has 14 nitrogen and oxygen atoms in total. The molecule has 0 amide bonds. The Morgan fingerprint density at radius 2 is 0.683 bits per heavy atom. The number of aromatic hydroxyl groups is 2. The summed E-state index contributed by atoms with van der Waals surface area (Å²) in [7, 11) is 0. The third-order valence-corrected chi connectivity index (χ3v) is 14.6. The predicted octanol–water partition coefficient (Wildman–Crippen LogP) is 14.1. The van der Waals surface area contributed by atoms with Gasteiger partial charge < -0.3 is 39.4 Å². The molecule has 0 aliphatic heterocycles. The van der Waals surface area contributed by atoms with Gasteiger partial charge in [0, 0.05) is 47.6 Å². The van der Waals surface area contributed by atoms with Gasteiger partial charge in [0.15, 0.2) is 34.9 Å². The minimum absolute atomic E-state index is 0.0195. The number of hydrogen-bond acceptors (Lipinski definition) is 14. The topological polar surface area (TPSA) is 195 Å². The van der Waals surface area contributed by atoms with Gasteiger partial charge in [0.05, 0.1) is 24.3 Å². The Balaban J connectivity index is 0.680. The van der Waals surface area contributed by atoms with Gasteiger partial charge in [-0.05, 0) is 115 Å². The van der Waals surface area contributed by atoms with Gasteiger partial charge in [0.25, 0.3) is 0 Å². The second kappa shape index (κ2) is 29.4. The molecule has 8 aromatic rings. The lowest BCUT2D eigenvalue weighted by Crippen LogP contribution is -2.26. The summed E-state index contributed by atoms with van der Waals surface area (Å²) >= 11 is 0. The number of benzene rings is 6. The highest BCUT2D eigenvalue weighted by Crippen LogP contribution is 2.36. The van der Waals surface area contributed by atoms with Crippen LogP contribution >= 0.6 is 0 Å². The number of phenolic OH excluding ortho intramolecular Hbond substituents is 2. The van der Waals surface area contributed by atoms with Crippen molar-refractivity contribution < 1.29 is 39.4 Å². The average molecular weight is 1110 g/mol. The molecule has 2 unspecified atom stereocenters. The average Bonchev–Trinajstić information content (AvgIpc) is 3.64. The molecule has 2 atom stereocenters. The molecule has 0 aliphatic rings. The second-order valence-corrected chi connectivity index (χ2v) is 21.8. The van der Waals surface area contributed by atoms with Crippen LogP contribution in [0.25, 0.3) is 68.3 Å². The SMILES string of the molecule is Cc1ccc(-c2nc(-c3ccc(C)cc3C)nc(-c3ccc(OCC(O)COCCCCCCCCCCCCOC(CO)COc4ccc(-c5nc(-c6ccc(C)cc6C)nc(-c6ccc(C)cc6C)n5)c(O)c4)cc3O)n2)c(C)c1. The summed E-state index contributed by atoms with van der Waals surface area (Å²) in [6.45, 7) is 17.6. The van der Waals surface area contributed by atoms with Crippen LogP contribution in [0.3, 0.4) is 0 Å². The van der Waals surface area contributed by atoms with Crippen LogP contribution < -0.4 is 9.47 Å². The van der Waals surface area contributed by atoms with Gasteiger partial charge in [0.2, 0.25) is 0 Å². The van der Waals surface area contributed by atoms with E-state index in [1.54, 1.807) is 30.3 Å². The van der Waals surface area contributed by atoms with Crippen molar-refractivity contribution in [2.45, 2.75) is 132 Å². The van der Waals surface area contributed by atoms with Crippen LogP contribution in [0.2, 0.25) is 0 Å². The molecule has 8 rings (SSSR count). The minimum atomic E-state index is -0.821. The van der Waals surface area contributed by atoms with Crippen LogP contribution in [-0.4, -0.2) is 102 Å². The first-order chi connectivity index (χ1) is 39.6. The summed E-state index contributed by atoms with van der Waals surface area (Å²) in [6, 6.07) is 34.7. The van der Waals surface area contributed by atoms with E-state index in [2.05, 4.69) is 52.0 Å². The third kappa shape index (κ3) is 16.8. The first-order valence-electron chi connectivity index (χ1n) is 28.9. The zero-order valence-electron chi connectivity index (χ0n) is 49.0. The molecular weight excluding hydrogens is 1030 g/mol. The lowest BCUT2D eigenvalue weighted by molar-refractivity contribution is -0.0149. The van der Waals surface area contributed by atoms with E-state index in [0.29, 0.717) is 70.8 Å². The van der Waals surface area contributed by atoms with Crippen molar-refractivity contribution in [2.75, 3.05) is 39.6 Å². The van der Waals surface area contributed by atoms with Crippen molar-refractivity contribution in [1.29, 1.82) is 0 Å². The Labute approximate surface area is 483 Å². The largest absolute Gasteiger partial charge is 0.507 e. The van der Waals surface area contributed by atoms with Gasteiger partial charge in [-0.1, -0.05) is 146 Å². The van der Waals surface area contributed by atoms with Crippen LogP contribution in [0, 0.1) is 55.4 Å². The first kappa shape index (κ1) is 60.5. The molecule has 14 heteroatoms. The molecule has 6 aromatic carbocycles. The van der Waals surface area contributed by atoms with Crippen molar-refractivity contribution in [2.24, 2.45) is 0 Å². The zero-order chi connectivity index (χ0) is 58.1. The van der Waals surface area contributed by atoms with Crippen LogP contribution in [0.5, 0.6) is 23.0 Å². The lowest BCUT2D eigenvalue weighted by atomic mass is 10.0. The predicted molar refractivity (Wildman–Crippen MR) is 324 cm³/mol. The minimum Gasteiger partial charge on any atom is -0.507 e. The van der Waals surface area contributed by atoms with Gasteiger partial charge in [-0.15, -0.1) is 0 Å². The van der Waals surface area contributed by atoms with Crippen molar-refractivity contribution >= 4 is 0 Å².